The topological polar surface area (TPSA) is 152 Å². The Morgan fingerprint density at radius 3 is 2.30 bits per heavy atom. The second-order valence-corrected chi connectivity index (χ2v) is 8.75. The summed E-state index contributed by atoms with van der Waals surface area (Å²) >= 11 is 0. The van der Waals surface area contributed by atoms with Gasteiger partial charge in [0.05, 0.1) is 16.0 Å². The van der Waals surface area contributed by atoms with E-state index in [2.05, 4.69) is 4.72 Å². The number of Topliss-reactive ketones (excluding diaryl/α,β-unsaturated/α-hetero) is 1. The zero-order valence-corrected chi connectivity index (χ0v) is 18.7. The number of allylic oxidation sites excluding steroid dienone is 1. The van der Waals surface area contributed by atoms with Crippen molar-refractivity contribution >= 4 is 33.2 Å². The molecule has 3 N–H and O–H groups in total. The normalized spacial score (nSPS) is 13.5. The number of carbonyl (C=O) groups excluding carboxylic acids is 2. The number of hydrogen-bond acceptors (Lipinski definition) is 9. The molecular formula is C22H22N2O8S. The number of fused-ring (bicyclic) bond motifs is 1. The van der Waals surface area contributed by atoms with Crippen LogP contribution in [-0.2, 0) is 19.6 Å². The summed E-state index contributed by atoms with van der Waals surface area (Å²) in [6.45, 7) is 2.66. The second kappa shape index (κ2) is 9.74. The molecule has 0 aromatic heterocycles. The summed E-state index contributed by atoms with van der Waals surface area (Å²) in [5, 5.41) is 17.5. The van der Waals surface area contributed by atoms with Crippen LogP contribution in [0.25, 0.3) is 0 Å². The predicted octanol–water partition coefficient (Wildman–Crippen LogP) is 2.86. The summed E-state index contributed by atoms with van der Waals surface area (Å²) in [7, 11) is -3.92. The molecule has 0 fully saturated rings. The van der Waals surface area contributed by atoms with E-state index in [1.54, 1.807) is 0 Å². The standard InChI is InChI=1S/C22H22N2O8S/c1-13(23)21(14(2)25)18(26)12-32-22(27)15-3-5-16(6-4-15)24-33(28,29)17-7-8-19-20(11-17)31-10-9-30-19/h3-8,11,23-24,26H,9-10,12H2,1-2H3/b21-18-,23-13?. The molecule has 0 saturated carbocycles. The van der Waals surface area contributed by atoms with Gasteiger partial charge in [0.25, 0.3) is 10.0 Å². The van der Waals surface area contributed by atoms with E-state index >= 15 is 0 Å². The van der Waals surface area contributed by atoms with Crippen LogP contribution >= 0.6 is 0 Å². The number of hydrogen-bond donors (Lipinski definition) is 3. The van der Waals surface area contributed by atoms with Crippen LogP contribution in [0.4, 0.5) is 5.69 Å². The fourth-order valence-electron chi connectivity index (χ4n) is 3.05. The van der Waals surface area contributed by atoms with Gasteiger partial charge in [-0.15, -0.1) is 0 Å². The molecule has 0 amide bonds. The number of anilines is 1. The minimum Gasteiger partial charge on any atom is -0.508 e. The van der Waals surface area contributed by atoms with Gasteiger partial charge in [-0.25, -0.2) is 13.2 Å². The molecule has 0 aliphatic carbocycles. The van der Waals surface area contributed by atoms with Crippen molar-refractivity contribution in [3.05, 3.63) is 59.4 Å². The van der Waals surface area contributed by atoms with Crippen molar-refractivity contribution in [2.24, 2.45) is 0 Å². The Morgan fingerprint density at radius 2 is 1.70 bits per heavy atom. The lowest BCUT2D eigenvalue weighted by Crippen LogP contribution is -2.17. The minimum absolute atomic E-state index is 0.0136. The number of aliphatic hydroxyl groups is 1. The quantitative estimate of drug-likeness (QED) is 0.229. The Bertz CT molecular complexity index is 1220. The molecule has 1 aliphatic heterocycles. The Morgan fingerprint density at radius 1 is 1.06 bits per heavy atom. The van der Waals surface area contributed by atoms with Gasteiger partial charge in [-0.3, -0.25) is 9.52 Å². The molecule has 10 nitrogen and oxygen atoms in total. The minimum atomic E-state index is -3.92. The van der Waals surface area contributed by atoms with E-state index in [0.29, 0.717) is 24.7 Å². The fraction of sp³-hybridized carbons (Fsp3) is 0.227. The highest BCUT2D eigenvalue weighted by molar-refractivity contribution is 7.92. The molecule has 0 saturated heterocycles. The van der Waals surface area contributed by atoms with Crippen LogP contribution in [0.3, 0.4) is 0 Å². The number of ether oxygens (including phenoxy) is 3. The number of sulfonamides is 1. The molecule has 11 heteroatoms. The van der Waals surface area contributed by atoms with Gasteiger partial charge in [0.1, 0.15) is 25.6 Å². The SMILES string of the molecule is CC(=N)/C(C(C)=O)=C(/O)COC(=O)c1ccc(NS(=O)(=O)c2ccc3c(c2)OCCO3)cc1. The van der Waals surface area contributed by atoms with Gasteiger partial charge >= 0.3 is 5.97 Å². The highest BCUT2D eigenvalue weighted by atomic mass is 32.2. The highest BCUT2D eigenvalue weighted by Crippen LogP contribution is 2.32. The van der Waals surface area contributed by atoms with Crippen molar-refractivity contribution in [2.75, 3.05) is 24.5 Å². The maximum Gasteiger partial charge on any atom is 0.338 e. The molecule has 0 spiro atoms. The molecular weight excluding hydrogens is 452 g/mol. The first kappa shape index (κ1) is 23.8. The van der Waals surface area contributed by atoms with E-state index in [0.717, 1.165) is 0 Å². The third kappa shape index (κ3) is 5.69. The van der Waals surface area contributed by atoms with E-state index in [9.17, 15) is 23.1 Å². The molecule has 0 radical (unpaired) electrons. The number of rotatable bonds is 8. The smallest absolute Gasteiger partial charge is 0.338 e. The summed E-state index contributed by atoms with van der Waals surface area (Å²) in [6, 6.07) is 9.73. The van der Waals surface area contributed by atoms with E-state index < -0.39 is 34.1 Å². The van der Waals surface area contributed by atoms with Crippen LogP contribution < -0.4 is 14.2 Å². The number of benzene rings is 2. The molecule has 1 aliphatic rings. The largest absolute Gasteiger partial charge is 0.508 e. The summed E-state index contributed by atoms with van der Waals surface area (Å²) in [5.41, 5.74) is -0.0547. The number of aliphatic hydroxyl groups excluding tert-OH is 1. The molecule has 2 aromatic rings. The van der Waals surface area contributed by atoms with Crippen molar-refractivity contribution in [2.45, 2.75) is 18.7 Å². The van der Waals surface area contributed by atoms with Crippen molar-refractivity contribution in [3.63, 3.8) is 0 Å². The van der Waals surface area contributed by atoms with Crippen LogP contribution in [0.1, 0.15) is 24.2 Å². The second-order valence-electron chi connectivity index (χ2n) is 7.07. The molecule has 2 aromatic carbocycles. The maximum absolute atomic E-state index is 12.7. The number of esters is 1. The van der Waals surface area contributed by atoms with Crippen molar-refractivity contribution in [1.29, 1.82) is 5.41 Å². The van der Waals surface area contributed by atoms with Crippen LogP contribution in [0, 0.1) is 5.41 Å². The molecule has 3 rings (SSSR count). The van der Waals surface area contributed by atoms with Gasteiger partial charge < -0.3 is 24.7 Å². The summed E-state index contributed by atoms with van der Waals surface area (Å²) in [6.07, 6.45) is 0. The molecule has 0 atom stereocenters. The monoisotopic (exact) mass is 474 g/mol. The van der Waals surface area contributed by atoms with Gasteiger partial charge in [0, 0.05) is 17.5 Å². The lowest BCUT2D eigenvalue weighted by molar-refractivity contribution is -0.113. The van der Waals surface area contributed by atoms with Crippen molar-refractivity contribution in [1.82, 2.24) is 0 Å². The highest BCUT2D eigenvalue weighted by Gasteiger charge is 2.20. The number of carbonyl (C=O) groups is 2. The first-order chi connectivity index (χ1) is 15.6. The third-order valence-electron chi connectivity index (χ3n) is 4.55. The summed E-state index contributed by atoms with van der Waals surface area (Å²) in [5.74, 6) is -1.04. The molecule has 174 valence electrons. The molecule has 0 unspecified atom stereocenters. The lowest BCUT2D eigenvalue weighted by atomic mass is 10.1. The zero-order chi connectivity index (χ0) is 24.2. The molecule has 0 bridgehead atoms. The predicted molar refractivity (Wildman–Crippen MR) is 119 cm³/mol. The van der Waals surface area contributed by atoms with Gasteiger partial charge in [-0.2, -0.15) is 0 Å². The first-order valence-electron chi connectivity index (χ1n) is 9.76. The number of ketones is 1. The Kier molecular flexibility index (Phi) is 7.02. The first-order valence-corrected chi connectivity index (χ1v) is 11.2. The van der Waals surface area contributed by atoms with E-state index in [1.165, 1.54) is 56.3 Å². The van der Waals surface area contributed by atoms with E-state index in [1.807, 2.05) is 0 Å². The zero-order valence-electron chi connectivity index (χ0n) is 17.9. The van der Waals surface area contributed by atoms with Gasteiger partial charge in [-0.05, 0) is 50.2 Å². The summed E-state index contributed by atoms with van der Waals surface area (Å²) in [4.78, 5) is 23.7. The van der Waals surface area contributed by atoms with E-state index in [4.69, 9.17) is 19.6 Å². The van der Waals surface area contributed by atoms with Gasteiger partial charge in [0.2, 0.25) is 0 Å². The Hall–Kier alpha value is -3.86. The lowest BCUT2D eigenvalue weighted by Gasteiger charge is -2.19. The number of nitrogens with one attached hydrogen (secondary N) is 2. The van der Waals surface area contributed by atoms with Crippen molar-refractivity contribution < 1.29 is 37.3 Å². The van der Waals surface area contributed by atoms with Crippen LogP contribution in [0.5, 0.6) is 11.5 Å². The summed E-state index contributed by atoms with van der Waals surface area (Å²) < 4.78 is 43.5. The average Bonchev–Trinajstić information content (AvgIpc) is 2.77. The third-order valence-corrected chi connectivity index (χ3v) is 5.93. The van der Waals surface area contributed by atoms with Crippen molar-refractivity contribution in [3.8, 4) is 11.5 Å². The maximum atomic E-state index is 12.7. The average molecular weight is 474 g/mol. The fourth-order valence-corrected chi connectivity index (χ4v) is 4.13. The van der Waals surface area contributed by atoms with E-state index in [-0.39, 0.29) is 27.4 Å². The van der Waals surface area contributed by atoms with Crippen LogP contribution in [0.15, 0.2) is 58.7 Å². The van der Waals surface area contributed by atoms with Crippen LogP contribution in [-0.4, -0.2) is 50.8 Å². The molecule has 33 heavy (non-hydrogen) atoms. The Labute approximate surface area is 190 Å². The Balaban J connectivity index is 1.67. The van der Waals surface area contributed by atoms with Gasteiger partial charge in [0.15, 0.2) is 17.3 Å². The van der Waals surface area contributed by atoms with Gasteiger partial charge in [-0.1, -0.05) is 0 Å². The van der Waals surface area contributed by atoms with Crippen LogP contribution in [0.2, 0.25) is 0 Å². The molecule has 1 heterocycles.